The Morgan fingerprint density at radius 2 is 1.88 bits per heavy atom. The molecular weight excluding hydrogens is 259 g/mol. The number of alkyl halides is 3. The molecule has 1 rings (SSSR count). The first-order valence-electron chi connectivity index (χ1n) is 4.50. The lowest BCUT2D eigenvalue weighted by Gasteiger charge is -2.13. The van der Waals surface area contributed by atoms with Crippen molar-refractivity contribution in [1.29, 1.82) is 5.41 Å². The molecule has 0 heterocycles. The van der Waals surface area contributed by atoms with E-state index in [1.807, 2.05) is 0 Å². The number of benzene rings is 1. The number of para-hydroxylation sites is 1. The highest BCUT2D eigenvalue weighted by Crippen LogP contribution is 2.26. The van der Waals surface area contributed by atoms with Crippen molar-refractivity contribution in [3.05, 3.63) is 29.8 Å². The third-order valence-corrected chi connectivity index (χ3v) is 1.65. The second-order valence-corrected chi connectivity index (χ2v) is 2.81. The molecule has 17 heavy (non-hydrogen) atoms. The zero-order valence-corrected chi connectivity index (χ0v) is 9.69. The number of nitrogens with one attached hydrogen (secondary N) is 1. The van der Waals surface area contributed by atoms with Crippen molar-refractivity contribution in [1.82, 2.24) is 0 Å². The zero-order chi connectivity index (χ0) is 12.2. The van der Waals surface area contributed by atoms with Gasteiger partial charge in [0, 0.05) is 0 Å². The lowest BCUT2D eigenvalue weighted by Crippen LogP contribution is -2.19. The fourth-order valence-electron chi connectivity index (χ4n) is 1.09. The van der Waals surface area contributed by atoms with E-state index in [0.717, 1.165) is 6.07 Å². The molecule has 0 aliphatic carbocycles. The molecule has 0 saturated carbocycles. The van der Waals surface area contributed by atoms with Crippen molar-refractivity contribution in [2.45, 2.75) is 13.3 Å². The minimum absolute atomic E-state index is 0. The van der Waals surface area contributed by atoms with Crippen molar-refractivity contribution in [2.75, 3.05) is 6.61 Å². The van der Waals surface area contributed by atoms with Gasteiger partial charge in [0.1, 0.15) is 5.75 Å². The molecule has 0 bridgehead atoms. The van der Waals surface area contributed by atoms with Crippen LogP contribution < -0.4 is 4.74 Å². The molecule has 1 aromatic carbocycles. The van der Waals surface area contributed by atoms with Crippen LogP contribution in [0.3, 0.4) is 0 Å². The van der Waals surface area contributed by atoms with Gasteiger partial charge in [-0.3, -0.25) is 5.41 Å². The molecule has 0 aromatic heterocycles. The second kappa shape index (κ2) is 6.34. The Balaban J connectivity index is 0.00000256. The molecule has 7 heteroatoms. The molecular formula is C10H11ClF3NO2. The Hall–Kier alpha value is -1.43. The van der Waals surface area contributed by atoms with E-state index in [2.05, 4.69) is 4.74 Å². The highest BCUT2D eigenvalue weighted by molar-refractivity contribution is 5.94. The van der Waals surface area contributed by atoms with Crippen LogP contribution in [0.15, 0.2) is 24.3 Å². The highest BCUT2D eigenvalue weighted by Gasteiger charge is 2.32. The largest absolute Gasteiger partial charge is 0.573 e. The summed E-state index contributed by atoms with van der Waals surface area (Å²) >= 11 is 0. The van der Waals surface area contributed by atoms with Crippen molar-refractivity contribution < 1.29 is 22.6 Å². The van der Waals surface area contributed by atoms with Gasteiger partial charge in [-0.1, -0.05) is 12.1 Å². The Kier molecular flexibility index (Phi) is 5.81. The summed E-state index contributed by atoms with van der Waals surface area (Å²) in [6.07, 6.45) is -4.78. The van der Waals surface area contributed by atoms with Crippen molar-refractivity contribution in [3.63, 3.8) is 0 Å². The minimum atomic E-state index is -4.78. The first kappa shape index (κ1) is 15.6. The summed E-state index contributed by atoms with van der Waals surface area (Å²) in [5.74, 6) is -0.782. The number of hydrogen-bond donors (Lipinski definition) is 1. The standard InChI is InChI=1S/C10H10F3NO2.ClH/c1-2-15-9(14)7-5-3-4-6-8(7)16-10(11,12)13;/h3-6,14H,2H2,1H3;1H. The summed E-state index contributed by atoms with van der Waals surface area (Å²) in [5.41, 5.74) is -0.0262. The molecule has 0 unspecified atom stereocenters. The highest BCUT2D eigenvalue weighted by atomic mass is 35.5. The van der Waals surface area contributed by atoms with Crippen LogP contribution in [0.4, 0.5) is 13.2 Å². The Morgan fingerprint density at radius 3 is 2.41 bits per heavy atom. The Labute approximate surface area is 102 Å². The van der Waals surface area contributed by atoms with Crippen LogP contribution in [0.1, 0.15) is 12.5 Å². The van der Waals surface area contributed by atoms with E-state index in [1.54, 1.807) is 6.92 Å². The van der Waals surface area contributed by atoms with E-state index in [1.165, 1.54) is 18.2 Å². The van der Waals surface area contributed by atoms with E-state index in [9.17, 15) is 13.2 Å². The smallest absolute Gasteiger partial charge is 0.478 e. The normalized spacial score (nSPS) is 10.4. The van der Waals surface area contributed by atoms with Gasteiger partial charge in [0.05, 0.1) is 12.2 Å². The molecule has 0 spiro atoms. The number of hydrogen-bond acceptors (Lipinski definition) is 3. The average Bonchev–Trinajstić information content (AvgIpc) is 2.16. The monoisotopic (exact) mass is 269 g/mol. The molecule has 0 atom stereocenters. The van der Waals surface area contributed by atoms with E-state index < -0.39 is 12.1 Å². The molecule has 0 aliphatic rings. The van der Waals surface area contributed by atoms with E-state index in [-0.39, 0.29) is 30.5 Å². The summed E-state index contributed by atoms with van der Waals surface area (Å²) < 4.78 is 44.7. The number of ether oxygens (including phenoxy) is 2. The molecule has 0 saturated heterocycles. The summed E-state index contributed by atoms with van der Waals surface area (Å²) in [5, 5.41) is 7.41. The van der Waals surface area contributed by atoms with E-state index in [0.29, 0.717) is 0 Å². The molecule has 0 fully saturated rings. The van der Waals surface area contributed by atoms with Crippen molar-refractivity contribution >= 4 is 18.3 Å². The number of halogens is 4. The van der Waals surface area contributed by atoms with Crippen LogP contribution in [0.25, 0.3) is 0 Å². The van der Waals surface area contributed by atoms with Crippen LogP contribution in [0.5, 0.6) is 5.75 Å². The lowest BCUT2D eigenvalue weighted by molar-refractivity contribution is -0.274. The summed E-state index contributed by atoms with van der Waals surface area (Å²) in [6, 6.07) is 5.37. The lowest BCUT2D eigenvalue weighted by atomic mass is 10.2. The second-order valence-electron chi connectivity index (χ2n) is 2.81. The fraction of sp³-hybridized carbons (Fsp3) is 0.300. The molecule has 3 nitrogen and oxygen atoms in total. The average molecular weight is 270 g/mol. The van der Waals surface area contributed by atoms with E-state index >= 15 is 0 Å². The van der Waals surface area contributed by atoms with Gasteiger partial charge in [0.15, 0.2) is 0 Å². The van der Waals surface area contributed by atoms with Gasteiger partial charge in [0.2, 0.25) is 5.90 Å². The van der Waals surface area contributed by atoms with Gasteiger partial charge in [-0.05, 0) is 19.1 Å². The predicted molar refractivity (Wildman–Crippen MR) is 58.8 cm³/mol. The molecule has 96 valence electrons. The van der Waals surface area contributed by atoms with Gasteiger partial charge in [-0.25, -0.2) is 0 Å². The molecule has 1 N–H and O–H groups in total. The molecule has 1 aromatic rings. The van der Waals surface area contributed by atoms with Gasteiger partial charge in [-0.15, -0.1) is 25.6 Å². The maximum Gasteiger partial charge on any atom is 0.573 e. The quantitative estimate of drug-likeness (QED) is 0.675. The number of rotatable bonds is 3. The van der Waals surface area contributed by atoms with Gasteiger partial charge >= 0.3 is 6.36 Å². The maximum absolute atomic E-state index is 12.0. The summed E-state index contributed by atoms with van der Waals surface area (Å²) in [7, 11) is 0. The fourth-order valence-corrected chi connectivity index (χ4v) is 1.09. The molecule has 0 amide bonds. The van der Waals surface area contributed by atoms with E-state index in [4.69, 9.17) is 10.1 Å². The van der Waals surface area contributed by atoms with Crippen LogP contribution in [0.2, 0.25) is 0 Å². The first-order chi connectivity index (χ1) is 7.44. The molecule has 0 radical (unpaired) electrons. The minimum Gasteiger partial charge on any atom is -0.478 e. The Bertz CT molecular complexity index is 382. The first-order valence-corrected chi connectivity index (χ1v) is 4.50. The van der Waals surface area contributed by atoms with Crippen LogP contribution in [-0.2, 0) is 4.74 Å². The third-order valence-electron chi connectivity index (χ3n) is 1.65. The van der Waals surface area contributed by atoms with Gasteiger partial charge < -0.3 is 9.47 Å². The van der Waals surface area contributed by atoms with Crippen molar-refractivity contribution in [3.8, 4) is 5.75 Å². The van der Waals surface area contributed by atoms with Crippen LogP contribution >= 0.6 is 12.4 Å². The maximum atomic E-state index is 12.0. The third kappa shape index (κ3) is 4.95. The van der Waals surface area contributed by atoms with Crippen LogP contribution in [-0.4, -0.2) is 18.9 Å². The Morgan fingerprint density at radius 1 is 1.29 bits per heavy atom. The van der Waals surface area contributed by atoms with Gasteiger partial charge in [-0.2, -0.15) is 0 Å². The predicted octanol–water partition coefficient (Wildman–Crippen LogP) is 3.37. The SMILES string of the molecule is CCOC(=N)c1ccccc1OC(F)(F)F.Cl. The van der Waals surface area contributed by atoms with Crippen molar-refractivity contribution in [2.24, 2.45) is 0 Å². The molecule has 0 aliphatic heterocycles. The zero-order valence-electron chi connectivity index (χ0n) is 8.88. The summed E-state index contributed by atoms with van der Waals surface area (Å²) in [6.45, 7) is 1.85. The topological polar surface area (TPSA) is 42.3 Å². The van der Waals surface area contributed by atoms with Gasteiger partial charge in [0.25, 0.3) is 0 Å². The summed E-state index contributed by atoms with van der Waals surface area (Å²) in [4.78, 5) is 0. The van der Waals surface area contributed by atoms with Crippen LogP contribution in [0, 0.1) is 5.41 Å².